The highest BCUT2D eigenvalue weighted by Crippen LogP contribution is 2.30. The molecule has 0 bridgehead atoms. The minimum Gasteiger partial charge on any atom is -0.224 e. The van der Waals surface area contributed by atoms with Crippen LogP contribution in [0.4, 0.5) is 13.2 Å². The zero-order valence-corrected chi connectivity index (χ0v) is 18.0. The van der Waals surface area contributed by atoms with Crippen molar-refractivity contribution in [2.45, 2.75) is 16.0 Å². The predicted molar refractivity (Wildman–Crippen MR) is 104 cm³/mol. The Kier molecular flexibility index (Phi) is 5.84. The summed E-state index contributed by atoms with van der Waals surface area (Å²) in [4.78, 5) is -1.79. The maximum absolute atomic E-state index is 13.2. The van der Waals surface area contributed by atoms with Gasteiger partial charge in [0.05, 0.1) is 10.6 Å². The van der Waals surface area contributed by atoms with Crippen LogP contribution in [0.25, 0.3) is 5.69 Å². The molecule has 1 heterocycles. The Hall–Kier alpha value is -2.22. The normalized spacial score (nSPS) is 13.6. The lowest BCUT2D eigenvalue weighted by Crippen LogP contribution is -2.18. The lowest BCUT2D eigenvalue weighted by atomic mass is 10.3. The van der Waals surface area contributed by atoms with E-state index in [2.05, 4.69) is 9.50 Å². The van der Waals surface area contributed by atoms with Crippen molar-refractivity contribution in [3.8, 4) is 5.69 Å². The van der Waals surface area contributed by atoms with Crippen molar-refractivity contribution >= 4 is 42.8 Å². The molecule has 0 aliphatic rings. The lowest BCUT2D eigenvalue weighted by molar-refractivity contribution is -0.138. The molecule has 0 spiro atoms. The van der Waals surface area contributed by atoms with Gasteiger partial charge in [0.1, 0.15) is 4.90 Å². The Morgan fingerprint density at radius 1 is 1.00 bits per heavy atom. The highest BCUT2D eigenvalue weighted by atomic mass is 35.5. The number of sulfonamides is 1. The molecule has 0 saturated carbocycles. The van der Waals surface area contributed by atoms with Crippen LogP contribution >= 0.6 is 22.9 Å². The van der Waals surface area contributed by atoms with E-state index in [4.69, 9.17) is 11.6 Å². The van der Waals surface area contributed by atoms with Crippen LogP contribution in [0.15, 0.2) is 62.7 Å². The van der Waals surface area contributed by atoms with Crippen molar-refractivity contribution in [3.05, 3.63) is 63.4 Å². The van der Waals surface area contributed by atoms with Crippen LogP contribution in [0.3, 0.4) is 0 Å². The first-order valence-corrected chi connectivity index (χ1v) is 12.3. The zero-order chi connectivity index (χ0) is 22.3. The molecule has 2 aromatic carbocycles. The fourth-order valence-corrected chi connectivity index (χ4v) is 6.02. The molecule has 30 heavy (non-hydrogen) atoms. The predicted octanol–water partition coefficient (Wildman–Crippen LogP) is 3.30. The zero-order valence-electron chi connectivity index (χ0n) is 14.8. The molecule has 0 amide bonds. The smallest absolute Gasteiger partial charge is 0.224 e. The quantitative estimate of drug-likeness (QED) is 0.551. The number of sulfone groups is 1. The fraction of sp³-hybridized carbons (Fsp3) is 0.125. The molecular weight excluding hydrogens is 487 g/mol. The molecule has 0 fully saturated rings. The van der Waals surface area contributed by atoms with Gasteiger partial charge in [-0.15, -0.1) is 9.50 Å². The Labute approximate surface area is 178 Å². The molecule has 0 unspecified atom stereocenters. The molecule has 7 nitrogen and oxygen atoms in total. The summed E-state index contributed by atoms with van der Waals surface area (Å²) in [5.74, 6) is 0. The van der Waals surface area contributed by atoms with Gasteiger partial charge in [-0.2, -0.15) is 21.6 Å². The summed E-state index contributed by atoms with van der Waals surface area (Å²) >= 11 is 5.78. The molecule has 0 radical (unpaired) electrons. The summed E-state index contributed by atoms with van der Waals surface area (Å²) < 4.78 is 93.2. The van der Waals surface area contributed by atoms with Crippen molar-refractivity contribution in [1.29, 1.82) is 0 Å². The molecule has 0 aliphatic carbocycles. The molecule has 3 aromatic rings. The van der Waals surface area contributed by atoms with Crippen LogP contribution in [0.1, 0.15) is 5.01 Å². The van der Waals surface area contributed by atoms with Crippen molar-refractivity contribution in [2.24, 2.45) is 4.40 Å². The number of alkyl halides is 3. The van der Waals surface area contributed by atoms with Gasteiger partial charge in [0.25, 0.3) is 10.0 Å². The van der Waals surface area contributed by atoms with Gasteiger partial charge in [0.15, 0.2) is 9.84 Å². The molecule has 0 saturated heterocycles. The van der Waals surface area contributed by atoms with Crippen molar-refractivity contribution in [1.82, 2.24) is 9.78 Å². The molecule has 3 rings (SSSR count). The SMILES string of the molecule is CS(=O)(=O)c1ccccc1S(=O)(=O)/N=c1\sc(C(F)(F)F)nn1-c1ccc(Cl)cc1. The molecule has 14 heteroatoms. The minimum atomic E-state index is -4.85. The summed E-state index contributed by atoms with van der Waals surface area (Å²) in [6, 6.07) is 10.1. The topological polar surface area (TPSA) is 98.5 Å². The van der Waals surface area contributed by atoms with E-state index in [1.54, 1.807) is 0 Å². The molecule has 0 aliphatic heterocycles. The summed E-state index contributed by atoms with van der Waals surface area (Å²) in [5.41, 5.74) is 0.0801. The second-order valence-corrected chi connectivity index (χ2v) is 10.8. The van der Waals surface area contributed by atoms with Crippen LogP contribution in [-0.4, -0.2) is 32.9 Å². The third kappa shape index (κ3) is 4.74. The molecule has 1 aromatic heterocycles. The van der Waals surface area contributed by atoms with E-state index >= 15 is 0 Å². The highest BCUT2D eigenvalue weighted by molar-refractivity contribution is 7.93. The first-order valence-electron chi connectivity index (χ1n) is 7.82. The number of rotatable bonds is 4. The van der Waals surface area contributed by atoms with Gasteiger partial charge in [-0.3, -0.25) is 0 Å². The molecule has 0 N–H and O–H groups in total. The number of halogens is 4. The first-order chi connectivity index (χ1) is 13.8. The van der Waals surface area contributed by atoms with E-state index in [9.17, 15) is 30.0 Å². The summed E-state index contributed by atoms with van der Waals surface area (Å²) in [6.07, 6.45) is -4.04. The summed E-state index contributed by atoms with van der Waals surface area (Å²) in [6.45, 7) is 0. The molecule has 0 atom stereocenters. The van der Waals surface area contributed by atoms with Crippen LogP contribution in [0.2, 0.25) is 5.02 Å². The maximum Gasteiger partial charge on any atom is 0.445 e. The summed E-state index contributed by atoms with van der Waals surface area (Å²) in [5, 5.41) is 2.39. The third-order valence-corrected chi connectivity index (χ3v) is 7.53. The van der Waals surface area contributed by atoms with Gasteiger partial charge in [0, 0.05) is 11.3 Å². The first kappa shape index (κ1) is 22.5. The Morgan fingerprint density at radius 2 is 1.57 bits per heavy atom. The molecular formula is C16H11ClF3N3O4S3. The van der Waals surface area contributed by atoms with E-state index < -0.39 is 45.6 Å². The van der Waals surface area contributed by atoms with Gasteiger partial charge >= 0.3 is 6.18 Å². The number of benzene rings is 2. The lowest BCUT2D eigenvalue weighted by Gasteiger charge is -2.05. The Bertz CT molecular complexity index is 1380. The second kappa shape index (κ2) is 7.80. The number of hydrogen-bond acceptors (Lipinski definition) is 6. The van der Waals surface area contributed by atoms with Gasteiger partial charge in [-0.1, -0.05) is 35.1 Å². The Balaban J connectivity index is 2.30. The highest BCUT2D eigenvalue weighted by Gasteiger charge is 2.36. The average molecular weight is 498 g/mol. The minimum absolute atomic E-state index is 0.00105. The van der Waals surface area contributed by atoms with Crippen LogP contribution < -0.4 is 4.80 Å². The number of aromatic nitrogens is 2. The van der Waals surface area contributed by atoms with Gasteiger partial charge in [0.2, 0.25) is 9.81 Å². The number of hydrogen-bond donors (Lipinski definition) is 0. The number of nitrogens with zero attached hydrogens (tertiary/aromatic N) is 3. The maximum atomic E-state index is 13.2. The van der Waals surface area contributed by atoms with Crippen molar-refractivity contribution < 1.29 is 30.0 Å². The van der Waals surface area contributed by atoms with Crippen LogP contribution in [0.5, 0.6) is 0 Å². The largest absolute Gasteiger partial charge is 0.445 e. The van der Waals surface area contributed by atoms with Crippen molar-refractivity contribution in [2.75, 3.05) is 6.26 Å². The standard InChI is InChI=1S/C16H11ClF3N3O4S3/c1-29(24,25)12-4-2-3-5-13(12)30(26,27)22-15-23(11-8-6-10(17)7-9-11)21-14(28-15)16(18,19)20/h2-9H,1H3/b22-15-. The van der Waals surface area contributed by atoms with Crippen molar-refractivity contribution in [3.63, 3.8) is 0 Å². The van der Waals surface area contributed by atoms with E-state index in [0.717, 1.165) is 18.4 Å². The summed E-state index contributed by atoms with van der Waals surface area (Å²) in [7, 11) is -8.64. The van der Waals surface area contributed by atoms with E-state index in [1.165, 1.54) is 36.4 Å². The second-order valence-electron chi connectivity index (χ2n) is 5.86. The third-order valence-electron chi connectivity index (χ3n) is 3.60. The van der Waals surface area contributed by atoms with Crippen LogP contribution in [0, 0.1) is 0 Å². The van der Waals surface area contributed by atoms with E-state index in [0.29, 0.717) is 9.70 Å². The van der Waals surface area contributed by atoms with E-state index in [1.807, 2.05) is 0 Å². The van der Waals surface area contributed by atoms with Gasteiger partial charge in [-0.25, -0.2) is 13.1 Å². The molecule has 160 valence electrons. The monoisotopic (exact) mass is 497 g/mol. The average Bonchev–Trinajstić information content (AvgIpc) is 3.05. The van der Waals surface area contributed by atoms with Crippen LogP contribution in [-0.2, 0) is 26.0 Å². The van der Waals surface area contributed by atoms with E-state index in [-0.39, 0.29) is 17.0 Å². The Morgan fingerprint density at radius 3 is 2.10 bits per heavy atom. The van der Waals surface area contributed by atoms with Gasteiger partial charge in [-0.05, 0) is 36.4 Å². The van der Waals surface area contributed by atoms with Gasteiger partial charge < -0.3 is 0 Å². The fourth-order valence-electron chi connectivity index (χ4n) is 2.33.